The van der Waals surface area contributed by atoms with Gasteiger partial charge in [-0.25, -0.2) is 13.8 Å². The molecule has 2 aromatic heterocycles. The number of anilines is 1. The number of benzene rings is 2. The Morgan fingerprint density at radius 1 is 0.964 bits per heavy atom. The van der Waals surface area contributed by atoms with Gasteiger partial charge in [0.1, 0.15) is 17.3 Å². The van der Waals surface area contributed by atoms with Crippen molar-refractivity contribution in [3.63, 3.8) is 0 Å². The molecule has 4 rings (SSSR count). The first kappa shape index (κ1) is 17.9. The first-order chi connectivity index (χ1) is 13.5. The van der Waals surface area contributed by atoms with E-state index in [9.17, 15) is 13.6 Å². The molecular formula is C22H17F2N3O. The van der Waals surface area contributed by atoms with E-state index in [2.05, 4.69) is 10.3 Å². The highest BCUT2D eigenvalue weighted by molar-refractivity contribution is 5.98. The van der Waals surface area contributed by atoms with Crippen LogP contribution in [0.3, 0.4) is 0 Å². The topological polar surface area (TPSA) is 46.4 Å². The summed E-state index contributed by atoms with van der Waals surface area (Å²) in [6.45, 7) is 1.80. The Labute approximate surface area is 160 Å². The third kappa shape index (κ3) is 3.36. The van der Waals surface area contributed by atoms with E-state index in [0.717, 1.165) is 5.56 Å². The van der Waals surface area contributed by atoms with Crippen LogP contribution in [-0.2, 0) is 4.79 Å². The Morgan fingerprint density at radius 3 is 2.36 bits per heavy atom. The zero-order valence-corrected chi connectivity index (χ0v) is 15.1. The van der Waals surface area contributed by atoms with Crippen molar-refractivity contribution >= 4 is 17.4 Å². The lowest BCUT2D eigenvalue weighted by Crippen LogP contribution is -2.19. The van der Waals surface area contributed by atoms with Crippen molar-refractivity contribution in [2.45, 2.75) is 12.8 Å². The van der Waals surface area contributed by atoms with Crippen molar-refractivity contribution in [3.8, 4) is 11.3 Å². The summed E-state index contributed by atoms with van der Waals surface area (Å²) >= 11 is 0. The van der Waals surface area contributed by atoms with Gasteiger partial charge in [-0.05, 0) is 48.9 Å². The maximum atomic E-state index is 13.8. The number of nitrogens with zero attached hydrogens (tertiary/aromatic N) is 2. The number of amides is 1. The molecule has 0 aliphatic carbocycles. The number of carbonyl (C=O) groups excluding carboxylic acids is 1. The molecule has 28 heavy (non-hydrogen) atoms. The molecule has 1 N–H and O–H groups in total. The normalized spacial score (nSPS) is 12.1. The van der Waals surface area contributed by atoms with Gasteiger partial charge in [-0.3, -0.25) is 9.20 Å². The van der Waals surface area contributed by atoms with Gasteiger partial charge in [0.25, 0.3) is 0 Å². The molecule has 4 aromatic rings. The zero-order valence-electron chi connectivity index (χ0n) is 15.1. The quantitative estimate of drug-likeness (QED) is 0.543. The molecule has 0 aliphatic heterocycles. The third-order valence-electron chi connectivity index (χ3n) is 4.63. The average Bonchev–Trinajstić information content (AvgIpc) is 3.05. The van der Waals surface area contributed by atoms with Crippen LogP contribution in [0.5, 0.6) is 0 Å². The second-order valence-electron chi connectivity index (χ2n) is 6.51. The fourth-order valence-electron chi connectivity index (χ4n) is 3.11. The predicted octanol–water partition coefficient (Wildman–Crippen LogP) is 5.02. The average molecular weight is 377 g/mol. The van der Waals surface area contributed by atoms with Gasteiger partial charge < -0.3 is 5.32 Å². The molecule has 0 fully saturated rings. The molecule has 0 saturated heterocycles. The summed E-state index contributed by atoms with van der Waals surface area (Å²) in [5.41, 5.74) is 2.45. The van der Waals surface area contributed by atoms with Crippen molar-refractivity contribution in [3.05, 3.63) is 90.1 Å². The maximum Gasteiger partial charge on any atom is 0.232 e. The highest BCUT2D eigenvalue weighted by atomic mass is 19.1. The molecule has 1 atom stereocenters. The zero-order chi connectivity index (χ0) is 19.7. The molecule has 0 radical (unpaired) electrons. The number of aromatic nitrogens is 2. The summed E-state index contributed by atoms with van der Waals surface area (Å²) in [7, 11) is 0. The van der Waals surface area contributed by atoms with Crippen molar-refractivity contribution in [1.82, 2.24) is 9.38 Å². The molecule has 1 unspecified atom stereocenters. The second-order valence-corrected chi connectivity index (χ2v) is 6.51. The van der Waals surface area contributed by atoms with Crippen LogP contribution in [0.2, 0.25) is 0 Å². The number of rotatable bonds is 4. The van der Waals surface area contributed by atoms with Gasteiger partial charge in [0.2, 0.25) is 5.91 Å². The first-order valence-corrected chi connectivity index (χ1v) is 8.82. The van der Waals surface area contributed by atoms with Crippen molar-refractivity contribution in [1.29, 1.82) is 0 Å². The van der Waals surface area contributed by atoms with Gasteiger partial charge in [-0.1, -0.05) is 30.3 Å². The van der Waals surface area contributed by atoms with E-state index in [1.807, 2.05) is 30.3 Å². The van der Waals surface area contributed by atoms with E-state index < -0.39 is 11.7 Å². The number of hydrogen-bond acceptors (Lipinski definition) is 2. The molecule has 0 aliphatic rings. The monoisotopic (exact) mass is 377 g/mol. The number of pyridine rings is 1. The molecule has 2 aromatic carbocycles. The number of halogens is 2. The SMILES string of the molecule is CC(C(=O)Nc1nc2ccc(F)cn2c1-c1ccc(F)cc1)c1ccccc1. The summed E-state index contributed by atoms with van der Waals surface area (Å²) in [4.78, 5) is 17.2. The van der Waals surface area contributed by atoms with Crippen molar-refractivity contribution < 1.29 is 13.6 Å². The Morgan fingerprint density at radius 2 is 1.64 bits per heavy atom. The largest absolute Gasteiger partial charge is 0.308 e. The van der Waals surface area contributed by atoms with E-state index in [0.29, 0.717) is 22.7 Å². The Balaban J connectivity index is 1.77. The fourth-order valence-corrected chi connectivity index (χ4v) is 3.11. The van der Waals surface area contributed by atoms with E-state index in [4.69, 9.17) is 0 Å². The van der Waals surface area contributed by atoms with Gasteiger partial charge in [0.05, 0.1) is 11.6 Å². The summed E-state index contributed by atoms with van der Waals surface area (Å²) < 4.78 is 28.7. The van der Waals surface area contributed by atoms with Gasteiger partial charge in [-0.15, -0.1) is 0 Å². The first-order valence-electron chi connectivity index (χ1n) is 8.82. The van der Waals surface area contributed by atoms with Crippen LogP contribution in [0.15, 0.2) is 72.9 Å². The van der Waals surface area contributed by atoms with Crippen LogP contribution in [-0.4, -0.2) is 15.3 Å². The number of fused-ring (bicyclic) bond motifs is 1. The highest BCUT2D eigenvalue weighted by Gasteiger charge is 2.21. The highest BCUT2D eigenvalue weighted by Crippen LogP contribution is 2.30. The van der Waals surface area contributed by atoms with Crippen LogP contribution < -0.4 is 5.32 Å². The maximum absolute atomic E-state index is 13.8. The summed E-state index contributed by atoms with van der Waals surface area (Å²) in [6, 6.07) is 18.0. The molecular weight excluding hydrogens is 360 g/mol. The van der Waals surface area contributed by atoms with Gasteiger partial charge >= 0.3 is 0 Å². The number of imidazole rings is 1. The standard InChI is InChI=1S/C22H17F2N3O/c1-14(15-5-3-2-4-6-15)22(28)26-21-20(16-7-9-17(23)10-8-16)27-13-18(24)11-12-19(27)25-21/h2-14H,1H3,(H,26,28). The van der Waals surface area contributed by atoms with Gasteiger partial charge in [-0.2, -0.15) is 0 Å². The van der Waals surface area contributed by atoms with Crippen LogP contribution in [0.4, 0.5) is 14.6 Å². The minimum absolute atomic E-state index is 0.238. The summed E-state index contributed by atoms with van der Waals surface area (Å²) in [5, 5.41) is 2.84. The molecule has 6 heteroatoms. The van der Waals surface area contributed by atoms with Gasteiger partial charge in [0.15, 0.2) is 5.82 Å². The van der Waals surface area contributed by atoms with E-state index in [1.165, 1.54) is 30.5 Å². The van der Waals surface area contributed by atoms with E-state index >= 15 is 0 Å². The van der Waals surface area contributed by atoms with Crippen LogP contribution >= 0.6 is 0 Å². The molecule has 140 valence electrons. The number of hydrogen-bond donors (Lipinski definition) is 1. The van der Waals surface area contributed by atoms with Crippen LogP contribution in [0.1, 0.15) is 18.4 Å². The van der Waals surface area contributed by atoms with Crippen molar-refractivity contribution in [2.24, 2.45) is 0 Å². The number of nitrogens with one attached hydrogen (secondary N) is 1. The summed E-state index contributed by atoms with van der Waals surface area (Å²) in [5.74, 6) is -1.16. The lowest BCUT2D eigenvalue weighted by atomic mass is 10.0. The Bertz CT molecular complexity index is 1140. The Hall–Kier alpha value is -3.54. The molecule has 2 heterocycles. The molecule has 0 spiro atoms. The third-order valence-corrected chi connectivity index (χ3v) is 4.63. The lowest BCUT2D eigenvalue weighted by molar-refractivity contribution is -0.117. The summed E-state index contributed by atoms with van der Waals surface area (Å²) in [6.07, 6.45) is 1.29. The van der Waals surface area contributed by atoms with E-state index in [1.54, 1.807) is 23.5 Å². The smallest absolute Gasteiger partial charge is 0.232 e. The minimum Gasteiger partial charge on any atom is -0.308 e. The van der Waals surface area contributed by atoms with Gasteiger partial charge in [0, 0.05) is 11.8 Å². The van der Waals surface area contributed by atoms with Crippen LogP contribution in [0.25, 0.3) is 16.9 Å². The Kier molecular flexibility index (Phi) is 4.61. The molecule has 0 bridgehead atoms. The second kappa shape index (κ2) is 7.23. The molecule has 0 saturated carbocycles. The van der Waals surface area contributed by atoms with Crippen LogP contribution in [0, 0.1) is 11.6 Å². The lowest BCUT2D eigenvalue weighted by Gasteiger charge is -2.12. The molecule has 1 amide bonds. The van der Waals surface area contributed by atoms with Crippen molar-refractivity contribution in [2.75, 3.05) is 5.32 Å². The van der Waals surface area contributed by atoms with E-state index in [-0.39, 0.29) is 11.7 Å². The predicted molar refractivity (Wildman–Crippen MR) is 104 cm³/mol. The molecule has 4 nitrogen and oxygen atoms in total. The number of carbonyl (C=O) groups is 1. The fraction of sp³-hybridized carbons (Fsp3) is 0.0909. The minimum atomic E-state index is -0.441.